The molecule has 9 heteroatoms. The van der Waals surface area contributed by atoms with Crippen LogP contribution < -0.4 is 0 Å². The summed E-state index contributed by atoms with van der Waals surface area (Å²) in [7, 11) is 0. The van der Waals surface area contributed by atoms with E-state index in [1.165, 1.54) is 5.56 Å². The fourth-order valence-electron chi connectivity index (χ4n) is 5.32. The Hall–Kier alpha value is -4.63. The summed E-state index contributed by atoms with van der Waals surface area (Å²) in [5.74, 6) is 1.77. The van der Waals surface area contributed by atoms with Gasteiger partial charge in [0, 0.05) is 41.0 Å². The summed E-state index contributed by atoms with van der Waals surface area (Å²) in [6.45, 7) is 2.96. The molecule has 0 spiro atoms. The van der Waals surface area contributed by atoms with E-state index in [1.54, 1.807) is 0 Å². The van der Waals surface area contributed by atoms with Crippen LogP contribution in [-0.4, -0.2) is 39.6 Å². The molecule has 4 aromatic heterocycles. The number of pyridine rings is 1. The number of imidazole rings is 2. The number of benzene rings is 3. The highest BCUT2D eigenvalue weighted by Crippen LogP contribution is 2.31. The number of rotatable bonds is 8. The summed E-state index contributed by atoms with van der Waals surface area (Å²) < 4.78 is 5.43. The highest BCUT2D eigenvalue weighted by molar-refractivity contribution is 9.10. The molecule has 0 aliphatic carbocycles. The lowest BCUT2D eigenvalue weighted by Gasteiger charge is -2.12. The lowest BCUT2D eigenvalue weighted by molar-refractivity contribution is 0.690. The van der Waals surface area contributed by atoms with Crippen LogP contribution in [0.3, 0.4) is 0 Å². The molecular formula is C32H27BrN8. The second-order valence-electron chi connectivity index (χ2n) is 10.2. The molecule has 7 rings (SSSR count). The molecule has 0 aliphatic rings. The number of aromatic amines is 1. The van der Waals surface area contributed by atoms with Crippen LogP contribution in [0.5, 0.6) is 0 Å². The van der Waals surface area contributed by atoms with E-state index in [9.17, 15) is 0 Å². The Bertz CT molecular complexity index is 1970. The maximum Gasteiger partial charge on any atom is 0.180 e. The lowest BCUT2D eigenvalue weighted by atomic mass is 9.98. The summed E-state index contributed by atoms with van der Waals surface area (Å²) in [6, 6.07) is 27.4. The zero-order valence-corrected chi connectivity index (χ0v) is 24.1. The van der Waals surface area contributed by atoms with Gasteiger partial charge in [-0.25, -0.2) is 15.1 Å². The van der Waals surface area contributed by atoms with Gasteiger partial charge in [-0.15, -0.1) is 5.10 Å². The standard InChI is InChI=1S/C32H27BrN8/c1-2-3-8-31-34-27-15-13-23(28-20-40-19-24(33)14-16-30(40)35-28)17-29(27)41(31)18-21-9-11-22(12-10-21)25-6-4-5-7-26(25)32-36-38-39-37-32/h4-7,9-17,19-20H,2-3,8,18H2,1H3,(H,36,37,38,39). The van der Waals surface area contributed by atoms with Gasteiger partial charge in [-0.1, -0.05) is 67.9 Å². The fraction of sp³-hybridized carbons (Fsp3) is 0.156. The molecule has 3 aromatic carbocycles. The average molecular weight is 604 g/mol. The second kappa shape index (κ2) is 10.7. The summed E-state index contributed by atoms with van der Waals surface area (Å²) in [5.41, 5.74) is 9.46. The third-order valence-corrected chi connectivity index (χ3v) is 7.89. The number of aryl methyl sites for hydroxylation is 1. The molecule has 8 nitrogen and oxygen atoms in total. The molecule has 0 saturated carbocycles. The van der Waals surface area contributed by atoms with Crippen LogP contribution in [0, 0.1) is 0 Å². The first-order valence-corrected chi connectivity index (χ1v) is 14.5. The van der Waals surface area contributed by atoms with Gasteiger partial charge in [-0.2, -0.15) is 0 Å². The van der Waals surface area contributed by atoms with E-state index in [0.29, 0.717) is 5.82 Å². The van der Waals surface area contributed by atoms with Crippen LogP contribution in [0.2, 0.25) is 0 Å². The highest BCUT2D eigenvalue weighted by Gasteiger charge is 2.15. The van der Waals surface area contributed by atoms with Gasteiger partial charge in [0.1, 0.15) is 11.5 Å². The van der Waals surface area contributed by atoms with Gasteiger partial charge in [0.05, 0.1) is 16.7 Å². The molecule has 1 N–H and O–H groups in total. The Balaban J connectivity index is 1.24. The summed E-state index contributed by atoms with van der Waals surface area (Å²) in [4.78, 5) is 9.91. The first-order chi connectivity index (χ1) is 20.2. The van der Waals surface area contributed by atoms with Gasteiger partial charge >= 0.3 is 0 Å². The number of tetrazole rings is 1. The van der Waals surface area contributed by atoms with Crippen LogP contribution in [0.4, 0.5) is 0 Å². The molecule has 7 aromatic rings. The Morgan fingerprint density at radius 1 is 0.854 bits per heavy atom. The van der Waals surface area contributed by atoms with Crippen LogP contribution in [0.15, 0.2) is 95.7 Å². The Morgan fingerprint density at radius 2 is 1.68 bits per heavy atom. The van der Waals surface area contributed by atoms with E-state index in [2.05, 4.69) is 103 Å². The number of fused-ring (bicyclic) bond motifs is 2. The lowest BCUT2D eigenvalue weighted by Crippen LogP contribution is -2.05. The number of H-pyrrole nitrogens is 1. The Morgan fingerprint density at radius 3 is 2.49 bits per heavy atom. The van der Waals surface area contributed by atoms with Gasteiger partial charge in [-0.05, 0) is 73.7 Å². The summed E-state index contributed by atoms with van der Waals surface area (Å²) >= 11 is 3.56. The predicted molar refractivity (Wildman–Crippen MR) is 164 cm³/mol. The third-order valence-electron chi connectivity index (χ3n) is 7.43. The van der Waals surface area contributed by atoms with Crippen molar-refractivity contribution < 1.29 is 0 Å². The van der Waals surface area contributed by atoms with Crippen molar-refractivity contribution in [2.45, 2.75) is 32.7 Å². The van der Waals surface area contributed by atoms with Crippen LogP contribution in [0.25, 0.3) is 50.5 Å². The molecule has 0 atom stereocenters. The normalized spacial score (nSPS) is 11.6. The molecule has 0 radical (unpaired) electrons. The maximum absolute atomic E-state index is 5.05. The molecule has 0 amide bonds. The van der Waals surface area contributed by atoms with Gasteiger partial charge in [-0.3, -0.25) is 0 Å². The molecule has 0 unspecified atom stereocenters. The first kappa shape index (κ1) is 25.3. The van der Waals surface area contributed by atoms with Crippen LogP contribution >= 0.6 is 15.9 Å². The molecular weight excluding hydrogens is 576 g/mol. The van der Waals surface area contributed by atoms with Gasteiger partial charge in [0.2, 0.25) is 0 Å². The van der Waals surface area contributed by atoms with Crippen molar-refractivity contribution in [1.82, 2.24) is 39.6 Å². The predicted octanol–water partition coefficient (Wildman–Crippen LogP) is 7.35. The van der Waals surface area contributed by atoms with Crippen molar-refractivity contribution >= 4 is 32.6 Å². The molecule has 0 bridgehead atoms. The van der Waals surface area contributed by atoms with Crippen molar-refractivity contribution in [3.8, 4) is 33.8 Å². The molecule has 0 fully saturated rings. The zero-order valence-electron chi connectivity index (χ0n) is 22.5. The monoisotopic (exact) mass is 602 g/mol. The topological polar surface area (TPSA) is 89.6 Å². The SMILES string of the molecule is CCCCc1nc2ccc(-c3cn4cc(Br)ccc4n3)cc2n1Cc1ccc(-c2ccccc2-c2nnn[nH]2)cc1. The van der Waals surface area contributed by atoms with Crippen molar-refractivity contribution in [3.63, 3.8) is 0 Å². The highest BCUT2D eigenvalue weighted by atomic mass is 79.9. The van der Waals surface area contributed by atoms with E-state index in [1.807, 2.05) is 40.9 Å². The number of aromatic nitrogens is 8. The smallest absolute Gasteiger partial charge is 0.180 e. The average Bonchev–Trinajstić information content (AvgIpc) is 3.76. The van der Waals surface area contributed by atoms with Crippen molar-refractivity contribution in [2.75, 3.05) is 0 Å². The van der Waals surface area contributed by atoms with Crippen molar-refractivity contribution in [3.05, 3.63) is 107 Å². The van der Waals surface area contributed by atoms with Crippen LogP contribution in [-0.2, 0) is 13.0 Å². The molecule has 0 aliphatic heterocycles. The molecule has 4 heterocycles. The minimum atomic E-state index is 0.657. The number of nitrogens with zero attached hydrogens (tertiary/aromatic N) is 7. The summed E-state index contributed by atoms with van der Waals surface area (Å²) in [5, 5.41) is 14.5. The largest absolute Gasteiger partial charge is 0.323 e. The zero-order chi connectivity index (χ0) is 27.8. The van der Waals surface area contributed by atoms with E-state index >= 15 is 0 Å². The van der Waals surface area contributed by atoms with Gasteiger partial charge in [0.25, 0.3) is 0 Å². The van der Waals surface area contributed by atoms with E-state index < -0.39 is 0 Å². The Labute approximate surface area is 245 Å². The van der Waals surface area contributed by atoms with Gasteiger partial charge < -0.3 is 8.97 Å². The minimum absolute atomic E-state index is 0.657. The van der Waals surface area contributed by atoms with E-state index in [0.717, 1.165) is 80.7 Å². The van der Waals surface area contributed by atoms with Crippen LogP contribution in [0.1, 0.15) is 31.2 Å². The maximum atomic E-state index is 5.05. The molecule has 0 saturated heterocycles. The number of unbranched alkanes of at least 4 members (excludes halogenated alkanes) is 1. The molecule has 202 valence electrons. The minimum Gasteiger partial charge on any atom is -0.323 e. The van der Waals surface area contributed by atoms with Crippen molar-refractivity contribution in [1.29, 1.82) is 0 Å². The third kappa shape index (κ3) is 4.93. The summed E-state index contributed by atoms with van der Waals surface area (Å²) in [6.07, 6.45) is 7.27. The molecule has 41 heavy (non-hydrogen) atoms. The number of halogens is 1. The van der Waals surface area contributed by atoms with Crippen molar-refractivity contribution in [2.24, 2.45) is 0 Å². The number of hydrogen-bond donors (Lipinski definition) is 1. The van der Waals surface area contributed by atoms with E-state index in [4.69, 9.17) is 9.97 Å². The second-order valence-corrected chi connectivity index (χ2v) is 11.1. The number of hydrogen-bond acceptors (Lipinski definition) is 5. The Kier molecular flexibility index (Phi) is 6.64. The number of nitrogens with one attached hydrogen (secondary N) is 1. The fourth-order valence-corrected chi connectivity index (χ4v) is 5.68. The quantitative estimate of drug-likeness (QED) is 0.196. The van der Waals surface area contributed by atoms with Gasteiger partial charge in [0.15, 0.2) is 5.82 Å². The van der Waals surface area contributed by atoms with E-state index in [-0.39, 0.29) is 0 Å². The first-order valence-electron chi connectivity index (χ1n) is 13.7.